The van der Waals surface area contributed by atoms with Crippen molar-refractivity contribution in [3.05, 3.63) is 36.2 Å². The fraction of sp³-hybridized carbons (Fsp3) is 0.353. The van der Waals surface area contributed by atoms with Gasteiger partial charge in [0.05, 0.1) is 0 Å². The fourth-order valence-electron chi connectivity index (χ4n) is 2.46. The van der Waals surface area contributed by atoms with Gasteiger partial charge in [-0.3, -0.25) is 4.79 Å². The molecule has 0 spiro atoms. The largest absolute Gasteiger partial charge is 0.486 e. The quantitative estimate of drug-likeness (QED) is 0.908. The first-order valence-electron chi connectivity index (χ1n) is 8.00. The average molecular weight is 328 g/mol. The van der Waals surface area contributed by atoms with Gasteiger partial charge < -0.3 is 19.7 Å². The third-order valence-electron chi connectivity index (χ3n) is 3.72. The molecule has 1 aliphatic heterocycles. The van der Waals surface area contributed by atoms with Crippen molar-refractivity contribution in [3.63, 3.8) is 0 Å². The second-order valence-electron chi connectivity index (χ2n) is 5.23. The molecule has 24 heavy (non-hydrogen) atoms. The van der Waals surface area contributed by atoms with Crippen molar-refractivity contribution in [1.82, 2.24) is 14.9 Å². The summed E-state index contributed by atoms with van der Waals surface area (Å²) in [5.74, 6) is 1.66. The summed E-state index contributed by atoms with van der Waals surface area (Å²) < 4.78 is 11.1. The summed E-state index contributed by atoms with van der Waals surface area (Å²) in [6, 6.07) is 7.14. The number of carbonyl (C=O) groups is 1. The first-order valence-corrected chi connectivity index (χ1v) is 8.00. The van der Waals surface area contributed by atoms with E-state index in [1.54, 1.807) is 17.2 Å². The molecular weight excluding hydrogens is 308 g/mol. The summed E-state index contributed by atoms with van der Waals surface area (Å²) in [5, 5.41) is 3.10. The lowest BCUT2D eigenvalue weighted by Crippen LogP contribution is -2.31. The molecule has 1 aromatic heterocycles. The van der Waals surface area contributed by atoms with Crippen LogP contribution in [0.2, 0.25) is 0 Å². The maximum Gasteiger partial charge on any atom is 0.272 e. The van der Waals surface area contributed by atoms with Crippen LogP contribution in [0.4, 0.5) is 11.6 Å². The Bertz CT molecular complexity index is 732. The molecule has 1 aliphatic rings. The van der Waals surface area contributed by atoms with E-state index in [1.807, 2.05) is 32.0 Å². The van der Waals surface area contributed by atoms with Gasteiger partial charge in [0, 0.05) is 31.0 Å². The van der Waals surface area contributed by atoms with E-state index in [4.69, 9.17) is 9.47 Å². The first kappa shape index (κ1) is 16.0. The summed E-state index contributed by atoms with van der Waals surface area (Å²) in [7, 11) is 0. The molecule has 0 saturated heterocycles. The maximum atomic E-state index is 12.4. The van der Waals surface area contributed by atoms with Gasteiger partial charge in [-0.15, -0.1) is 0 Å². The average Bonchev–Trinajstić information content (AvgIpc) is 2.63. The molecule has 1 N–H and O–H groups in total. The Hall–Kier alpha value is -2.83. The molecule has 126 valence electrons. The van der Waals surface area contributed by atoms with Gasteiger partial charge in [0.2, 0.25) is 5.95 Å². The molecular formula is C17H20N4O3. The highest BCUT2D eigenvalue weighted by Crippen LogP contribution is 2.33. The van der Waals surface area contributed by atoms with Crippen LogP contribution in [0, 0.1) is 0 Å². The van der Waals surface area contributed by atoms with Crippen LogP contribution in [0.5, 0.6) is 11.5 Å². The number of fused-ring (bicyclic) bond motifs is 1. The van der Waals surface area contributed by atoms with Crippen LogP contribution in [-0.2, 0) is 0 Å². The maximum absolute atomic E-state index is 12.4. The highest BCUT2D eigenvalue weighted by atomic mass is 16.6. The second-order valence-corrected chi connectivity index (χ2v) is 5.23. The predicted molar refractivity (Wildman–Crippen MR) is 90.0 cm³/mol. The van der Waals surface area contributed by atoms with Gasteiger partial charge in [0.25, 0.3) is 5.91 Å². The predicted octanol–water partition coefficient (Wildman–Crippen LogP) is 2.47. The number of nitrogens with zero attached hydrogens (tertiary/aromatic N) is 3. The molecule has 3 rings (SSSR count). The molecule has 7 heteroatoms. The number of ether oxygens (including phenoxy) is 2. The molecule has 2 aromatic rings. The topological polar surface area (TPSA) is 76.6 Å². The number of rotatable bonds is 5. The SMILES string of the molecule is CCN(CC)C(=O)c1ccnc(Nc2ccc3c(c2)OCCO3)n1. The molecule has 0 unspecified atom stereocenters. The zero-order valence-corrected chi connectivity index (χ0v) is 13.8. The zero-order chi connectivity index (χ0) is 16.9. The summed E-state index contributed by atoms with van der Waals surface area (Å²) in [6.45, 7) is 6.25. The number of nitrogens with one attached hydrogen (secondary N) is 1. The van der Waals surface area contributed by atoms with Crippen molar-refractivity contribution in [3.8, 4) is 11.5 Å². The molecule has 0 atom stereocenters. The van der Waals surface area contributed by atoms with Crippen LogP contribution in [-0.4, -0.2) is 47.1 Å². The van der Waals surface area contributed by atoms with Crippen LogP contribution in [0.15, 0.2) is 30.5 Å². The monoisotopic (exact) mass is 328 g/mol. The van der Waals surface area contributed by atoms with Gasteiger partial charge in [-0.1, -0.05) is 0 Å². The molecule has 0 radical (unpaired) electrons. The van der Waals surface area contributed by atoms with Gasteiger partial charge in [0.1, 0.15) is 18.9 Å². The van der Waals surface area contributed by atoms with E-state index in [2.05, 4.69) is 15.3 Å². The van der Waals surface area contributed by atoms with Crippen molar-refractivity contribution < 1.29 is 14.3 Å². The van der Waals surface area contributed by atoms with E-state index >= 15 is 0 Å². The standard InChI is InChI=1S/C17H20N4O3/c1-3-21(4-2)16(22)13-7-8-18-17(20-13)19-12-5-6-14-15(11-12)24-10-9-23-14/h5-8,11H,3-4,9-10H2,1-2H3,(H,18,19,20). The van der Waals surface area contributed by atoms with Crippen molar-refractivity contribution in [2.24, 2.45) is 0 Å². The number of benzene rings is 1. The molecule has 0 fully saturated rings. The Morgan fingerprint density at radius 2 is 1.92 bits per heavy atom. The Morgan fingerprint density at radius 3 is 2.67 bits per heavy atom. The van der Waals surface area contributed by atoms with E-state index in [9.17, 15) is 4.79 Å². The normalized spacial score (nSPS) is 12.6. The lowest BCUT2D eigenvalue weighted by molar-refractivity contribution is 0.0767. The van der Waals surface area contributed by atoms with E-state index < -0.39 is 0 Å². The molecule has 7 nitrogen and oxygen atoms in total. The van der Waals surface area contributed by atoms with Crippen molar-refractivity contribution in [2.45, 2.75) is 13.8 Å². The number of hydrogen-bond donors (Lipinski definition) is 1. The van der Waals surface area contributed by atoms with Gasteiger partial charge in [-0.25, -0.2) is 9.97 Å². The van der Waals surface area contributed by atoms with E-state index in [-0.39, 0.29) is 5.91 Å². The smallest absolute Gasteiger partial charge is 0.272 e. The van der Waals surface area contributed by atoms with Crippen molar-refractivity contribution in [2.75, 3.05) is 31.6 Å². The van der Waals surface area contributed by atoms with Crippen LogP contribution in [0.25, 0.3) is 0 Å². The number of hydrogen-bond acceptors (Lipinski definition) is 6. The third-order valence-corrected chi connectivity index (χ3v) is 3.72. The molecule has 1 aromatic carbocycles. The van der Waals surface area contributed by atoms with Gasteiger partial charge in [-0.2, -0.15) is 0 Å². The van der Waals surface area contributed by atoms with Crippen LogP contribution >= 0.6 is 0 Å². The summed E-state index contributed by atoms with van der Waals surface area (Å²) in [5.41, 5.74) is 1.14. The number of amides is 1. The summed E-state index contributed by atoms with van der Waals surface area (Å²) >= 11 is 0. The van der Waals surface area contributed by atoms with Gasteiger partial charge in [0.15, 0.2) is 11.5 Å². The zero-order valence-electron chi connectivity index (χ0n) is 13.8. The number of aromatic nitrogens is 2. The Kier molecular flexibility index (Phi) is 4.79. The fourth-order valence-corrected chi connectivity index (χ4v) is 2.46. The molecule has 0 bridgehead atoms. The first-order chi connectivity index (χ1) is 11.7. The third kappa shape index (κ3) is 3.40. The van der Waals surface area contributed by atoms with Crippen molar-refractivity contribution in [1.29, 1.82) is 0 Å². The number of carbonyl (C=O) groups excluding carboxylic acids is 1. The molecule has 1 amide bonds. The number of anilines is 2. The highest BCUT2D eigenvalue weighted by Gasteiger charge is 2.15. The highest BCUT2D eigenvalue weighted by molar-refractivity contribution is 5.92. The minimum Gasteiger partial charge on any atom is -0.486 e. The van der Waals surface area contributed by atoms with Crippen molar-refractivity contribution >= 4 is 17.5 Å². The second kappa shape index (κ2) is 7.16. The Labute approximate surface area is 140 Å². The van der Waals surface area contributed by atoms with Gasteiger partial charge >= 0.3 is 0 Å². The lowest BCUT2D eigenvalue weighted by Gasteiger charge is -2.19. The van der Waals surface area contributed by atoms with E-state index in [0.717, 1.165) is 11.4 Å². The summed E-state index contributed by atoms with van der Waals surface area (Å²) in [4.78, 5) is 22.6. The van der Waals surface area contributed by atoms with Crippen LogP contribution in [0.3, 0.4) is 0 Å². The van der Waals surface area contributed by atoms with Crippen LogP contribution < -0.4 is 14.8 Å². The van der Waals surface area contributed by atoms with Crippen LogP contribution in [0.1, 0.15) is 24.3 Å². The Balaban J connectivity index is 1.78. The molecule has 2 heterocycles. The van der Waals surface area contributed by atoms with E-state index in [1.165, 1.54) is 0 Å². The Morgan fingerprint density at radius 1 is 1.17 bits per heavy atom. The summed E-state index contributed by atoms with van der Waals surface area (Å²) in [6.07, 6.45) is 1.57. The molecule has 0 aliphatic carbocycles. The minimum atomic E-state index is -0.104. The minimum absolute atomic E-state index is 0.104. The lowest BCUT2D eigenvalue weighted by atomic mass is 10.2. The van der Waals surface area contributed by atoms with Gasteiger partial charge in [-0.05, 0) is 32.0 Å². The van der Waals surface area contributed by atoms with E-state index in [0.29, 0.717) is 43.7 Å². The molecule has 0 saturated carbocycles.